The van der Waals surface area contributed by atoms with Gasteiger partial charge in [0.05, 0.1) is 22.2 Å². The molecule has 3 saturated heterocycles. The maximum Gasteiger partial charge on any atom is 0.319 e. The number of nitrogens with zero attached hydrogens (tertiary/aromatic N) is 6. The summed E-state index contributed by atoms with van der Waals surface area (Å²) in [6.45, 7) is 2.58. The van der Waals surface area contributed by atoms with Gasteiger partial charge in [0.15, 0.2) is 17.4 Å². The lowest BCUT2D eigenvalue weighted by atomic mass is 9.71. The Morgan fingerprint density at radius 3 is 2.36 bits per heavy atom. The van der Waals surface area contributed by atoms with Crippen molar-refractivity contribution < 1.29 is 46.2 Å². The fourth-order valence-corrected chi connectivity index (χ4v) is 9.55. The van der Waals surface area contributed by atoms with Crippen molar-refractivity contribution in [3.63, 3.8) is 0 Å². The second-order valence-corrected chi connectivity index (χ2v) is 16.4. The van der Waals surface area contributed by atoms with Crippen LogP contribution < -0.4 is 14.8 Å². The number of piperidine rings is 1. The minimum Gasteiger partial charge on any atom is -0.489 e. The first-order valence-electron chi connectivity index (χ1n) is 19.5. The van der Waals surface area contributed by atoms with E-state index in [9.17, 15) is 32.3 Å². The van der Waals surface area contributed by atoms with Gasteiger partial charge >= 0.3 is 6.55 Å². The molecule has 2 aromatic carbocycles. The highest BCUT2D eigenvalue weighted by Crippen LogP contribution is 2.42. The summed E-state index contributed by atoms with van der Waals surface area (Å²) < 4.78 is 70.9. The number of benzene rings is 2. The number of likely N-dealkylation sites (tertiary alicyclic amines) is 2. The molecule has 5 aliphatic rings. The Morgan fingerprint density at radius 2 is 1.61 bits per heavy atom. The normalized spacial score (nSPS) is 22.8. The summed E-state index contributed by atoms with van der Waals surface area (Å²) >= 11 is 0. The van der Waals surface area contributed by atoms with Gasteiger partial charge in [-0.2, -0.15) is 8.78 Å². The predicted octanol–water partition coefficient (Wildman–Crippen LogP) is 5.18. The quantitative estimate of drug-likeness (QED) is 0.140. The van der Waals surface area contributed by atoms with E-state index in [0.717, 1.165) is 61.1 Å². The molecule has 0 radical (unpaired) electrons. The largest absolute Gasteiger partial charge is 0.489 e. The number of pyridine rings is 2. The summed E-state index contributed by atoms with van der Waals surface area (Å²) in [4.78, 5) is 63.6. The van der Waals surface area contributed by atoms with Gasteiger partial charge in [-0.3, -0.25) is 43.8 Å². The number of carbonyl (C=O) groups excluding carboxylic acids is 4. The number of imide groups is 2. The summed E-state index contributed by atoms with van der Waals surface area (Å²) in [6.07, 6.45) is 5.95. The smallest absolute Gasteiger partial charge is 0.319 e. The van der Waals surface area contributed by atoms with E-state index in [1.54, 1.807) is 30.5 Å². The summed E-state index contributed by atoms with van der Waals surface area (Å²) in [5.74, 6) is -3.91. The molecule has 3 aromatic heterocycles. The van der Waals surface area contributed by atoms with Gasteiger partial charge in [-0.15, -0.1) is 0 Å². The van der Waals surface area contributed by atoms with Crippen molar-refractivity contribution in [2.45, 2.75) is 44.4 Å². The van der Waals surface area contributed by atoms with Crippen LogP contribution in [0.25, 0.3) is 32.9 Å². The van der Waals surface area contributed by atoms with Gasteiger partial charge in [-0.05, 0) is 61.1 Å². The number of hydrogen-bond donors (Lipinski definition) is 1. The number of hydrogen-bond acceptors (Lipinski definition) is 10. The van der Waals surface area contributed by atoms with E-state index in [0.29, 0.717) is 45.4 Å². The molecule has 4 amide bonds. The van der Waals surface area contributed by atoms with Crippen molar-refractivity contribution in [3.8, 4) is 22.8 Å². The van der Waals surface area contributed by atoms with Crippen LogP contribution in [0.15, 0.2) is 61.1 Å². The van der Waals surface area contributed by atoms with Gasteiger partial charge in [-0.1, -0.05) is 12.1 Å². The third kappa shape index (κ3) is 6.46. The van der Waals surface area contributed by atoms with Crippen molar-refractivity contribution in [2.24, 2.45) is 11.3 Å². The van der Waals surface area contributed by atoms with E-state index in [4.69, 9.17) is 9.47 Å². The Bertz CT molecular complexity index is 2580. The molecule has 17 heteroatoms. The first-order valence-corrected chi connectivity index (χ1v) is 19.5. The van der Waals surface area contributed by atoms with Crippen LogP contribution in [0, 0.1) is 23.0 Å². The first-order chi connectivity index (χ1) is 28.4. The molecule has 1 saturated carbocycles. The van der Waals surface area contributed by atoms with Gasteiger partial charge in [0, 0.05) is 86.0 Å². The molecule has 1 aliphatic carbocycles. The number of rotatable bonds is 11. The SMILES string of the molecule is O=C1CCC(N2C(=O)c3cc(F)c(OCCN4CC5(C4)CN(CC4CC(Oc6ncc(-c7ccc8c9cnccc9n(C(F)F)c8c7)cc6F)C4)C5)cc3C2=O)C(=O)N1. The van der Waals surface area contributed by atoms with Crippen LogP contribution in [-0.2, 0) is 9.59 Å². The van der Waals surface area contributed by atoms with Crippen molar-refractivity contribution in [2.75, 3.05) is 45.9 Å². The third-order valence-electron chi connectivity index (χ3n) is 12.3. The zero-order valence-corrected chi connectivity index (χ0v) is 31.5. The van der Waals surface area contributed by atoms with Gasteiger partial charge in [0.25, 0.3) is 17.7 Å². The Morgan fingerprint density at radius 1 is 0.847 bits per heavy atom. The number of amides is 4. The Balaban J connectivity index is 0.663. The molecule has 7 heterocycles. The fourth-order valence-electron chi connectivity index (χ4n) is 9.55. The van der Waals surface area contributed by atoms with Crippen LogP contribution in [-0.4, -0.2) is 111 Å². The minimum absolute atomic E-state index is 0.00904. The molecule has 59 heavy (non-hydrogen) atoms. The second-order valence-electron chi connectivity index (χ2n) is 16.4. The van der Waals surface area contributed by atoms with Crippen LogP contribution in [0.5, 0.6) is 11.6 Å². The number of carbonyl (C=O) groups is 4. The zero-order valence-electron chi connectivity index (χ0n) is 31.5. The highest BCUT2D eigenvalue weighted by molar-refractivity contribution is 6.23. The third-order valence-corrected chi connectivity index (χ3v) is 12.3. The molecular weight excluding hydrogens is 774 g/mol. The van der Waals surface area contributed by atoms with E-state index in [1.807, 2.05) is 0 Å². The Labute approximate surface area is 333 Å². The molecule has 1 atom stereocenters. The Kier molecular flexibility index (Phi) is 8.93. The lowest BCUT2D eigenvalue weighted by Gasteiger charge is -2.61. The monoisotopic (exact) mass is 811 g/mol. The number of alkyl halides is 2. The molecule has 4 fully saturated rings. The van der Waals surface area contributed by atoms with E-state index < -0.39 is 47.9 Å². The van der Waals surface area contributed by atoms with Crippen LogP contribution in [0.1, 0.15) is 52.9 Å². The molecule has 13 nitrogen and oxygen atoms in total. The summed E-state index contributed by atoms with van der Waals surface area (Å²) in [6, 6.07) is 9.01. The summed E-state index contributed by atoms with van der Waals surface area (Å²) in [7, 11) is 0. The van der Waals surface area contributed by atoms with Crippen molar-refractivity contribution in [1.29, 1.82) is 0 Å². The molecule has 304 valence electrons. The molecule has 5 aromatic rings. The topological polar surface area (TPSA) is 139 Å². The minimum atomic E-state index is -2.76. The molecule has 1 spiro atoms. The highest BCUT2D eigenvalue weighted by Gasteiger charge is 2.52. The van der Waals surface area contributed by atoms with Crippen molar-refractivity contribution in [1.82, 2.24) is 34.6 Å². The average Bonchev–Trinajstić information content (AvgIpc) is 3.62. The number of fused-ring (bicyclic) bond motifs is 4. The fraction of sp³-hybridized carbons (Fsp3) is 0.381. The van der Waals surface area contributed by atoms with Crippen molar-refractivity contribution >= 4 is 45.4 Å². The average molecular weight is 812 g/mol. The molecule has 0 bridgehead atoms. The van der Waals surface area contributed by atoms with E-state index >= 15 is 4.39 Å². The standard InChI is InChI=1S/C42H37F4N7O6/c43-30-13-27-28(40(57)53(39(27)56)33-3-4-36(54)49-37(33)55)14-35(30)58-8-7-50-18-42(19-50)20-51(21-42)17-22-9-25(10-22)59-38-31(44)11-24(15-48-38)23-1-2-26-29-16-47-6-5-32(29)52(41(45)46)34(26)12-23/h1-2,5-6,11-16,22,25,33,41H,3-4,7-10,17-21H2,(H,49,54,55). The summed E-state index contributed by atoms with van der Waals surface area (Å²) in [5, 5.41) is 3.39. The lowest BCUT2D eigenvalue weighted by molar-refractivity contribution is -0.136. The van der Waals surface area contributed by atoms with Gasteiger partial charge in [0.2, 0.25) is 11.8 Å². The van der Waals surface area contributed by atoms with Crippen LogP contribution in [0.3, 0.4) is 0 Å². The second kappa shape index (κ2) is 14.1. The molecule has 4 aliphatic heterocycles. The number of halogens is 4. The molecule has 10 rings (SSSR count). The molecule has 1 unspecified atom stereocenters. The summed E-state index contributed by atoms with van der Waals surface area (Å²) in [5.41, 5.74) is 1.72. The first kappa shape index (κ1) is 37.3. The van der Waals surface area contributed by atoms with E-state index in [1.165, 1.54) is 24.5 Å². The number of aromatic nitrogens is 3. The van der Waals surface area contributed by atoms with E-state index in [-0.39, 0.29) is 53.7 Å². The van der Waals surface area contributed by atoms with Gasteiger partial charge < -0.3 is 14.4 Å². The highest BCUT2D eigenvalue weighted by atomic mass is 19.3. The molecule has 1 N–H and O–H groups in total. The van der Waals surface area contributed by atoms with E-state index in [2.05, 4.69) is 25.1 Å². The van der Waals surface area contributed by atoms with Gasteiger partial charge in [-0.25, -0.2) is 13.8 Å². The maximum atomic E-state index is 15.2. The maximum absolute atomic E-state index is 15.2. The number of nitrogens with one attached hydrogen (secondary N) is 1. The Hall–Kier alpha value is -5.94. The van der Waals surface area contributed by atoms with Crippen LogP contribution in [0.2, 0.25) is 0 Å². The zero-order chi connectivity index (χ0) is 40.7. The predicted molar refractivity (Wildman–Crippen MR) is 203 cm³/mol. The molecular formula is C42H37F4N7O6. The van der Waals surface area contributed by atoms with Crippen molar-refractivity contribution in [3.05, 3.63) is 83.8 Å². The van der Waals surface area contributed by atoms with Crippen LogP contribution in [0.4, 0.5) is 17.6 Å². The number of ether oxygens (including phenoxy) is 2. The lowest BCUT2D eigenvalue weighted by Crippen LogP contribution is -2.72. The van der Waals surface area contributed by atoms with Crippen LogP contribution >= 0.6 is 0 Å². The van der Waals surface area contributed by atoms with Gasteiger partial charge in [0.1, 0.15) is 18.8 Å².